The molecule has 4 rings (SSSR count). The second-order valence-corrected chi connectivity index (χ2v) is 8.36. The van der Waals surface area contributed by atoms with E-state index < -0.39 is 23.8 Å². The van der Waals surface area contributed by atoms with Crippen LogP contribution in [0, 0.1) is 0 Å². The van der Waals surface area contributed by atoms with Gasteiger partial charge in [-0.1, -0.05) is 47.5 Å². The maximum Gasteiger partial charge on any atom is 0.257 e. The lowest BCUT2D eigenvalue weighted by Gasteiger charge is -2.28. The summed E-state index contributed by atoms with van der Waals surface area (Å²) in [7, 11) is 1.51. The van der Waals surface area contributed by atoms with Crippen LogP contribution in [0.25, 0.3) is 0 Å². The lowest BCUT2D eigenvalue weighted by molar-refractivity contribution is -0.122. The molecule has 0 spiro atoms. The van der Waals surface area contributed by atoms with Crippen molar-refractivity contribution < 1.29 is 19.1 Å². The Labute approximate surface area is 201 Å². The zero-order chi connectivity index (χ0) is 23.5. The number of imide groups is 1. The standard InChI is InChI=1S/C25H20Cl2N2O4/c1-33-20-7-4-6-16(13-20)24(31)28(15-17-5-2-3-8-21(17)27)22-14-23(30)29(25(22)32)19-11-9-18(26)10-12-19/h2-13,22H,14-15H2,1H3. The van der Waals surface area contributed by atoms with Crippen molar-refractivity contribution in [2.45, 2.75) is 19.0 Å². The number of nitrogens with zero attached hydrogens (tertiary/aromatic N) is 2. The minimum Gasteiger partial charge on any atom is -0.497 e. The average molecular weight is 483 g/mol. The average Bonchev–Trinajstić information content (AvgIpc) is 3.12. The van der Waals surface area contributed by atoms with E-state index in [2.05, 4.69) is 0 Å². The van der Waals surface area contributed by atoms with E-state index in [9.17, 15) is 14.4 Å². The maximum absolute atomic E-state index is 13.6. The number of ether oxygens (including phenoxy) is 1. The first-order chi connectivity index (χ1) is 15.9. The zero-order valence-electron chi connectivity index (χ0n) is 17.7. The van der Waals surface area contributed by atoms with Crippen LogP contribution in [0.3, 0.4) is 0 Å². The molecule has 3 aromatic rings. The number of hydrogen-bond acceptors (Lipinski definition) is 4. The molecule has 3 aromatic carbocycles. The summed E-state index contributed by atoms with van der Waals surface area (Å²) in [5, 5.41) is 0.954. The minimum atomic E-state index is -0.983. The molecule has 1 aliphatic rings. The van der Waals surface area contributed by atoms with Crippen LogP contribution in [0.5, 0.6) is 5.75 Å². The first kappa shape index (κ1) is 22.8. The lowest BCUT2D eigenvalue weighted by Crippen LogP contribution is -2.45. The normalized spacial score (nSPS) is 15.6. The highest BCUT2D eigenvalue weighted by molar-refractivity contribution is 6.31. The lowest BCUT2D eigenvalue weighted by atomic mass is 10.1. The van der Waals surface area contributed by atoms with Gasteiger partial charge in [0.1, 0.15) is 11.8 Å². The molecule has 0 bridgehead atoms. The molecule has 6 nitrogen and oxygen atoms in total. The van der Waals surface area contributed by atoms with Gasteiger partial charge in [-0.05, 0) is 54.1 Å². The van der Waals surface area contributed by atoms with Gasteiger partial charge in [0, 0.05) is 22.2 Å². The van der Waals surface area contributed by atoms with E-state index in [1.807, 2.05) is 0 Å². The highest BCUT2D eigenvalue weighted by atomic mass is 35.5. The van der Waals surface area contributed by atoms with Crippen molar-refractivity contribution >= 4 is 46.6 Å². The summed E-state index contributed by atoms with van der Waals surface area (Å²) in [4.78, 5) is 42.3. The molecule has 0 radical (unpaired) electrons. The summed E-state index contributed by atoms with van der Waals surface area (Å²) in [6, 6.07) is 19.2. The Morgan fingerprint density at radius 2 is 1.76 bits per heavy atom. The zero-order valence-corrected chi connectivity index (χ0v) is 19.2. The highest BCUT2D eigenvalue weighted by Gasteiger charge is 2.44. The molecule has 168 valence electrons. The van der Waals surface area contributed by atoms with Gasteiger partial charge in [0.2, 0.25) is 5.91 Å². The molecule has 0 saturated carbocycles. The fourth-order valence-corrected chi connectivity index (χ4v) is 4.10. The quantitative estimate of drug-likeness (QED) is 0.464. The van der Waals surface area contributed by atoms with Gasteiger partial charge in [0.25, 0.3) is 11.8 Å². The molecule has 1 atom stereocenters. The van der Waals surface area contributed by atoms with Crippen LogP contribution in [0.15, 0.2) is 72.8 Å². The van der Waals surface area contributed by atoms with E-state index in [1.54, 1.807) is 72.8 Å². The topological polar surface area (TPSA) is 66.9 Å². The number of anilines is 1. The number of carbonyl (C=O) groups excluding carboxylic acids is 3. The Morgan fingerprint density at radius 1 is 1.03 bits per heavy atom. The number of halogens is 2. The Morgan fingerprint density at radius 3 is 2.45 bits per heavy atom. The third kappa shape index (κ3) is 4.72. The molecule has 0 aliphatic carbocycles. The Bertz CT molecular complexity index is 1210. The molecular formula is C25H20Cl2N2O4. The number of methoxy groups -OCH3 is 1. The van der Waals surface area contributed by atoms with Crippen LogP contribution >= 0.6 is 23.2 Å². The summed E-state index contributed by atoms with van der Waals surface area (Å²) in [5.74, 6) is -0.770. The van der Waals surface area contributed by atoms with Crippen molar-refractivity contribution in [3.63, 3.8) is 0 Å². The van der Waals surface area contributed by atoms with Gasteiger partial charge in [0.15, 0.2) is 0 Å². The monoisotopic (exact) mass is 482 g/mol. The predicted octanol–water partition coefficient (Wildman–Crippen LogP) is 4.98. The van der Waals surface area contributed by atoms with Gasteiger partial charge in [0.05, 0.1) is 19.2 Å². The van der Waals surface area contributed by atoms with E-state index in [-0.39, 0.29) is 13.0 Å². The fourth-order valence-electron chi connectivity index (χ4n) is 3.78. The first-order valence-corrected chi connectivity index (χ1v) is 11.0. The van der Waals surface area contributed by atoms with Crippen LogP contribution in [0.1, 0.15) is 22.3 Å². The molecule has 1 heterocycles. The van der Waals surface area contributed by atoms with Gasteiger partial charge in [-0.15, -0.1) is 0 Å². The van der Waals surface area contributed by atoms with Gasteiger partial charge < -0.3 is 9.64 Å². The Hall–Kier alpha value is -3.35. The smallest absolute Gasteiger partial charge is 0.257 e. The van der Waals surface area contributed by atoms with Gasteiger partial charge >= 0.3 is 0 Å². The van der Waals surface area contributed by atoms with Crippen LogP contribution < -0.4 is 9.64 Å². The fraction of sp³-hybridized carbons (Fsp3) is 0.160. The highest BCUT2D eigenvalue weighted by Crippen LogP contribution is 2.30. The molecule has 33 heavy (non-hydrogen) atoms. The molecule has 8 heteroatoms. The van der Waals surface area contributed by atoms with Crippen molar-refractivity contribution in [1.82, 2.24) is 4.90 Å². The minimum absolute atomic E-state index is 0.0634. The van der Waals surface area contributed by atoms with Gasteiger partial charge in [-0.25, -0.2) is 4.90 Å². The third-order valence-electron chi connectivity index (χ3n) is 5.46. The Balaban J connectivity index is 1.71. The summed E-state index contributed by atoms with van der Waals surface area (Å²) in [6.45, 7) is 0.0634. The number of carbonyl (C=O) groups is 3. The molecule has 0 N–H and O–H groups in total. The van der Waals surface area contributed by atoms with E-state index in [0.717, 1.165) is 4.90 Å². The molecule has 1 fully saturated rings. The Kier molecular flexibility index (Phi) is 6.67. The second-order valence-electron chi connectivity index (χ2n) is 7.52. The molecule has 1 saturated heterocycles. The largest absolute Gasteiger partial charge is 0.497 e. The summed E-state index contributed by atoms with van der Waals surface area (Å²) >= 11 is 12.3. The van der Waals surface area contributed by atoms with Gasteiger partial charge in [-0.3, -0.25) is 14.4 Å². The first-order valence-electron chi connectivity index (χ1n) is 10.2. The van der Waals surface area contributed by atoms with Crippen LogP contribution in [-0.2, 0) is 16.1 Å². The summed E-state index contributed by atoms with van der Waals surface area (Å²) < 4.78 is 5.24. The predicted molar refractivity (Wildman–Crippen MR) is 127 cm³/mol. The SMILES string of the molecule is COc1cccc(C(=O)N(Cc2ccccc2Cl)C2CC(=O)N(c3ccc(Cl)cc3)C2=O)c1. The number of benzene rings is 3. The van der Waals surface area contributed by atoms with Crippen molar-refractivity contribution in [1.29, 1.82) is 0 Å². The van der Waals surface area contributed by atoms with Crippen LogP contribution in [0.2, 0.25) is 10.0 Å². The van der Waals surface area contributed by atoms with E-state index in [1.165, 1.54) is 12.0 Å². The number of rotatable bonds is 6. The summed E-state index contributed by atoms with van der Waals surface area (Å²) in [6.07, 6.45) is -0.137. The molecule has 1 unspecified atom stereocenters. The van der Waals surface area contributed by atoms with Crippen molar-refractivity contribution in [2.24, 2.45) is 0 Å². The second kappa shape index (κ2) is 9.65. The van der Waals surface area contributed by atoms with Gasteiger partial charge in [-0.2, -0.15) is 0 Å². The summed E-state index contributed by atoms with van der Waals surface area (Å²) in [5.41, 5.74) is 1.41. The van der Waals surface area contributed by atoms with Crippen molar-refractivity contribution in [2.75, 3.05) is 12.0 Å². The van der Waals surface area contributed by atoms with E-state index in [0.29, 0.717) is 32.6 Å². The van der Waals surface area contributed by atoms with Crippen molar-refractivity contribution in [3.05, 3.63) is 94.0 Å². The van der Waals surface area contributed by atoms with Crippen molar-refractivity contribution in [3.8, 4) is 5.75 Å². The molecule has 1 aliphatic heterocycles. The maximum atomic E-state index is 13.6. The molecule has 3 amide bonds. The molecular weight excluding hydrogens is 463 g/mol. The van der Waals surface area contributed by atoms with E-state index >= 15 is 0 Å². The van der Waals surface area contributed by atoms with Crippen LogP contribution in [0.4, 0.5) is 5.69 Å². The number of hydrogen-bond donors (Lipinski definition) is 0. The molecule has 0 aromatic heterocycles. The third-order valence-corrected chi connectivity index (χ3v) is 6.08. The van der Waals surface area contributed by atoms with E-state index in [4.69, 9.17) is 27.9 Å². The number of amides is 3. The van der Waals surface area contributed by atoms with Crippen LogP contribution in [-0.4, -0.2) is 35.8 Å².